The van der Waals surface area contributed by atoms with E-state index in [9.17, 15) is 14.4 Å². The number of likely N-dealkylation sites (tertiary alicyclic amines) is 1. The van der Waals surface area contributed by atoms with Gasteiger partial charge < -0.3 is 15.3 Å². The third-order valence-corrected chi connectivity index (χ3v) is 3.08. The van der Waals surface area contributed by atoms with Crippen molar-refractivity contribution in [3.8, 4) is 0 Å². The van der Waals surface area contributed by atoms with Gasteiger partial charge >= 0.3 is 5.97 Å². The van der Waals surface area contributed by atoms with Crippen LogP contribution in [0.15, 0.2) is 0 Å². The van der Waals surface area contributed by atoms with Crippen molar-refractivity contribution in [2.24, 2.45) is 5.92 Å². The van der Waals surface area contributed by atoms with E-state index in [0.29, 0.717) is 13.0 Å². The van der Waals surface area contributed by atoms with Crippen LogP contribution >= 0.6 is 0 Å². The second kappa shape index (κ2) is 5.84. The molecule has 1 fully saturated rings. The first-order valence-electron chi connectivity index (χ1n) is 6.17. The molecule has 1 aliphatic rings. The minimum Gasteiger partial charge on any atom is -0.480 e. The third kappa shape index (κ3) is 3.21. The van der Waals surface area contributed by atoms with Crippen LogP contribution in [0.5, 0.6) is 0 Å². The Bertz CT molecular complexity index is 354. The molecule has 0 aromatic rings. The van der Waals surface area contributed by atoms with Crippen LogP contribution in [-0.4, -0.2) is 46.4 Å². The first kappa shape index (κ1) is 14.5. The number of carbonyl (C=O) groups is 3. The van der Waals surface area contributed by atoms with Crippen molar-refractivity contribution in [2.45, 2.75) is 45.7 Å². The minimum absolute atomic E-state index is 0.0353. The molecule has 0 aliphatic carbocycles. The quantitative estimate of drug-likeness (QED) is 0.737. The average molecular weight is 256 g/mol. The number of hydrogen-bond donors (Lipinski definition) is 2. The summed E-state index contributed by atoms with van der Waals surface area (Å²) in [6.45, 7) is 5.67. The zero-order chi connectivity index (χ0) is 13.9. The molecule has 6 nitrogen and oxygen atoms in total. The largest absolute Gasteiger partial charge is 0.480 e. The molecule has 0 saturated carbocycles. The lowest BCUT2D eigenvalue weighted by Gasteiger charge is -2.30. The van der Waals surface area contributed by atoms with Gasteiger partial charge in [0.2, 0.25) is 11.8 Å². The highest BCUT2D eigenvalue weighted by Crippen LogP contribution is 2.19. The minimum atomic E-state index is -1.08. The van der Waals surface area contributed by atoms with Gasteiger partial charge in [0.15, 0.2) is 0 Å². The molecule has 0 bridgehead atoms. The fraction of sp³-hybridized carbons (Fsp3) is 0.750. The van der Waals surface area contributed by atoms with Gasteiger partial charge in [0.1, 0.15) is 12.1 Å². The van der Waals surface area contributed by atoms with Crippen LogP contribution < -0.4 is 5.32 Å². The highest BCUT2D eigenvalue weighted by atomic mass is 16.4. The van der Waals surface area contributed by atoms with Crippen molar-refractivity contribution in [1.29, 1.82) is 0 Å². The number of carboxylic acid groups (broad SMARTS) is 1. The van der Waals surface area contributed by atoms with Crippen molar-refractivity contribution in [2.75, 3.05) is 6.54 Å². The fourth-order valence-electron chi connectivity index (χ4n) is 2.13. The first-order valence-corrected chi connectivity index (χ1v) is 6.17. The number of aliphatic carboxylic acids is 1. The number of nitrogens with one attached hydrogen (secondary N) is 1. The maximum atomic E-state index is 12.1. The molecular weight excluding hydrogens is 236 g/mol. The van der Waals surface area contributed by atoms with Gasteiger partial charge in [-0.2, -0.15) is 0 Å². The standard InChI is InChI=1S/C12H20N2O4/c1-7(2)10(14-6-4-5-9(14)15)11(16)13-8(3)12(17)18/h7-8,10H,4-6H2,1-3H3,(H,13,16)(H,17,18)/t8-,10-/m0/s1. The topological polar surface area (TPSA) is 86.7 Å². The number of nitrogens with zero attached hydrogens (tertiary/aromatic N) is 1. The van der Waals surface area contributed by atoms with Crippen LogP contribution in [0.2, 0.25) is 0 Å². The van der Waals surface area contributed by atoms with Gasteiger partial charge in [0, 0.05) is 13.0 Å². The Kier molecular flexibility index (Phi) is 4.69. The van der Waals surface area contributed by atoms with E-state index in [0.717, 1.165) is 6.42 Å². The highest BCUT2D eigenvalue weighted by molar-refractivity contribution is 5.91. The number of carboxylic acids is 1. The lowest BCUT2D eigenvalue weighted by molar-refractivity contribution is -0.144. The Labute approximate surface area is 106 Å². The van der Waals surface area contributed by atoms with Crippen LogP contribution in [0.3, 0.4) is 0 Å². The number of hydrogen-bond acceptors (Lipinski definition) is 3. The van der Waals surface area contributed by atoms with Crippen LogP contribution in [0.4, 0.5) is 0 Å². The summed E-state index contributed by atoms with van der Waals surface area (Å²) in [4.78, 5) is 36.0. The van der Waals surface area contributed by atoms with Crippen LogP contribution in [0, 0.1) is 5.92 Å². The van der Waals surface area contributed by atoms with E-state index in [4.69, 9.17) is 5.11 Å². The van der Waals surface area contributed by atoms with Gasteiger partial charge in [-0.3, -0.25) is 14.4 Å². The summed E-state index contributed by atoms with van der Waals surface area (Å²) >= 11 is 0. The maximum absolute atomic E-state index is 12.1. The molecule has 2 amide bonds. The van der Waals surface area contributed by atoms with E-state index >= 15 is 0 Å². The van der Waals surface area contributed by atoms with E-state index in [1.54, 1.807) is 4.90 Å². The van der Waals surface area contributed by atoms with E-state index in [2.05, 4.69) is 5.32 Å². The van der Waals surface area contributed by atoms with Gasteiger partial charge in [-0.05, 0) is 19.3 Å². The molecule has 0 aromatic heterocycles. The maximum Gasteiger partial charge on any atom is 0.325 e. The summed E-state index contributed by atoms with van der Waals surface area (Å²) in [5.41, 5.74) is 0. The van der Waals surface area contributed by atoms with Gasteiger partial charge in [-0.25, -0.2) is 0 Å². The summed E-state index contributed by atoms with van der Waals surface area (Å²) in [5, 5.41) is 11.2. The van der Waals surface area contributed by atoms with Gasteiger partial charge in [-0.1, -0.05) is 13.8 Å². The highest BCUT2D eigenvalue weighted by Gasteiger charge is 2.35. The van der Waals surface area contributed by atoms with Gasteiger partial charge in [0.05, 0.1) is 0 Å². The molecule has 102 valence electrons. The Hall–Kier alpha value is -1.59. The fourth-order valence-corrected chi connectivity index (χ4v) is 2.13. The third-order valence-electron chi connectivity index (χ3n) is 3.08. The SMILES string of the molecule is CC(C)[C@@H](C(=O)N[C@@H](C)C(=O)O)N1CCCC1=O. The van der Waals surface area contributed by atoms with Crippen molar-refractivity contribution >= 4 is 17.8 Å². The van der Waals surface area contributed by atoms with Crippen LogP contribution in [0.25, 0.3) is 0 Å². The Morgan fingerprint density at radius 2 is 1.94 bits per heavy atom. The summed E-state index contributed by atoms with van der Waals surface area (Å²) in [5.74, 6) is -1.56. The molecule has 0 radical (unpaired) electrons. The van der Waals surface area contributed by atoms with Crippen molar-refractivity contribution in [3.05, 3.63) is 0 Å². The molecular formula is C12H20N2O4. The molecule has 1 aliphatic heterocycles. The smallest absolute Gasteiger partial charge is 0.325 e. The van der Waals surface area contributed by atoms with Gasteiger partial charge in [-0.15, -0.1) is 0 Å². The first-order chi connectivity index (χ1) is 8.34. The van der Waals surface area contributed by atoms with Crippen molar-refractivity contribution < 1.29 is 19.5 Å². The van der Waals surface area contributed by atoms with Gasteiger partial charge in [0.25, 0.3) is 0 Å². The molecule has 0 spiro atoms. The summed E-state index contributed by atoms with van der Waals surface area (Å²) in [6.07, 6.45) is 1.22. The lowest BCUT2D eigenvalue weighted by Crippen LogP contribution is -2.53. The molecule has 1 saturated heterocycles. The molecule has 1 heterocycles. The Morgan fingerprint density at radius 3 is 2.33 bits per heavy atom. The molecule has 0 aromatic carbocycles. The molecule has 6 heteroatoms. The number of rotatable bonds is 5. The normalized spacial score (nSPS) is 18.9. The molecule has 2 N–H and O–H groups in total. The monoisotopic (exact) mass is 256 g/mol. The second-order valence-electron chi connectivity index (χ2n) is 4.95. The average Bonchev–Trinajstić information content (AvgIpc) is 2.64. The van der Waals surface area contributed by atoms with E-state index in [1.807, 2.05) is 13.8 Å². The molecule has 18 heavy (non-hydrogen) atoms. The Morgan fingerprint density at radius 1 is 1.33 bits per heavy atom. The second-order valence-corrected chi connectivity index (χ2v) is 4.95. The Balaban J connectivity index is 2.76. The molecule has 2 atom stereocenters. The summed E-state index contributed by atoms with van der Waals surface area (Å²) in [6, 6.07) is -1.53. The zero-order valence-corrected chi connectivity index (χ0v) is 11.0. The number of carbonyl (C=O) groups excluding carboxylic acids is 2. The van der Waals surface area contributed by atoms with Crippen LogP contribution in [-0.2, 0) is 14.4 Å². The predicted molar refractivity (Wildman–Crippen MR) is 64.8 cm³/mol. The molecule has 1 rings (SSSR count). The van der Waals surface area contributed by atoms with Crippen molar-refractivity contribution in [3.63, 3.8) is 0 Å². The lowest BCUT2D eigenvalue weighted by atomic mass is 10.0. The van der Waals surface area contributed by atoms with E-state index < -0.39 is 24.0 Å². The molecule has 0 unspecified atom stereocenters. The summed E-state index contributed by atoms with van der Waals surface area (Å²) < 4.78 is 0. The summed E-state index contributed by atoms with van der Waals surface area (Å²) in [7, 11) is 0. The van der Waals surface area contributed by atoms with E-state index in [1.165, 1.54) is 6.92 Å². The van der Waals surface area contributed by atoms with Crippen molar-refractivity contribution in [1.82, 2.24) is 10.2 Å². The van der Waals surface area contributed by atoms with E-state index in [-0.39, 0.29) is 11.8 Å². The number of amides is 2. The van der Waals surface area contributed by atoms with Crippen LogP contribution in [0.1, 0.15) is 33.6 Å². The predicted octanol–water partition coefficient (Wildman–Crippen LogP) is 0.223. The zero-order valence-electron chi connectivity index (χ0n) is 11.0.